The van der Waals surface area contributed by atoms with E-state index in [1.165, 1.54) is 0 Å². The number of aromatic nitrogens is 2. The molecule has 4 nitrogen and oxygen atoms in total. The number of ether oxygens (including phenoxy) is 1. The molecule has 1 aromatic heterocycles. The van der Waals surface area contributed by atoms with Crippen molar-refractivity contribution in [2.45, 2.75) is 20.0 Å². The maximum atomic E-state index is 10.5. The van der Waals surface area contributed by atoms with Gasteiger partial charge >= 0.3 is 0 Å². The minimum Gasteiger partial charge on any atom is -0.374 e. The Kier molecular flexibility index (Phi) is 3.08. The summed E-state index contributed by atoms with van der Waals surface area (Å²) in [6.07, 6.45) is 0.527. The maximum Gasteiger partial charge on any atom is 0.168 e. The molecule has 1 heterocycles. The summed E-state index contributed by atoms with van der Waals surface area (Å²) in [5, 5.41) is 0. The minimum atomic E-state index is -0.182. The number of methoxy groups -OCH3 is 1. The van der Waals surface area contributed by atoms with Crippen LogP contribution in [0.1, 0.15) is 35.0 Å². The Morgan fingerprint density at radius 2 is 2.23 bits per heavy atom. The number of hydrogen-bond acceptors (Lipinski definition) is 4. The van der Waals surface area contributed by atoms with E-state index in [0.717, 1.165) is 5.69 Å². The first kappa shape index (κ1) is 9.80. The third-order valence-electron chi connectivity index (χ3n) is 1.73. The zero-order valence-electron chi connectivity index (χ0n) is 7.94. The molecule has 0 bridgehead atoms. The van der Waals surface area contributed by atoms with Crippen molar-refractivity contribution in [1.29, 1.82) is 0 Å². The highest BCUT2D eigenvalue weighted by Gasteiger charge is 2.08. The van der Waals surface area contributed by atoms with Gasteiger partial charge in [-0.15, -0.1) is 0 Å². The SMILES string of the molecule is COC(C)c1nc(C)cc(C=O)n1. The molecule has 13 heavy (non-hydrogen) atoms. The zero-order valence-corrected chi connectivity index (χ0v) is 7.94. The second kappa shape index (κ2) is 4.09. The van der Waals surface area contributed by atoms with Gasteiger partial charge in [-0.3, -0.25) is 4.79 Å². The van der Waals surface area contributed by atoms with Gasteiger partial charge in [0.25, 0.3) is 0 Å². The molecule has 0 aliphatic heterocycles. The summed E-state index contributed by atoms with van der Waals surface area (Å²) in [5.41, 5.74) is 1.17. The average Bonchev–Trinajstić information content (AvgIpc) is 2.15. The summed E-state index contributed by atoms with van der Waals surface area (Å²) in [6.45, 7) is 3.66. The molecule has 0 N–H and O–H groups in total. The molecular formula is C9H12N2O2. The van der Waals surface area contributed by atoms with Crippen LogP contribution in [-0.4, -0.2) is 23.4 Å². The smallest absolute Gasteiger partial charge is 0.168 e. The molecule has 1 aromatic rings. The number of aldehydes is 1. The predicted molar refractivity (Wildman–Crippen MR) is 47.6 cm³/mol. The second-order valence-corrected chi connectivity index (χ2v) is 2.79. The fraction of sp³-hybridized carbons (Fsp3) is 0.444. The highest BCUT2D eigenvalue weighted by Crippen LogP contribution is 2.11. The molecule has 4 heteroatoms. The van der Waals surface area contributed by atoms with E-state index in [1.54, 1.807) is 13.2 Å². The van der Waals surface area contributed by atoms with E-state index in [4.69, 9.17) is 4.74 Å². The van der Waals surface area contributed by atoms with Crippen LogP contribution < -0.4 is 0 Å². The first-order valence-electron chi connectivity index (χ1n) is 4.01. The van der Waals surface area contributed by atoms with Crippen molar-refractivity contribution in [1.82, 2.24) is 9.97 Å². The number of aryl methyl sites for hydroxylation is 1. The summed E-state index contributed by atoms with van der Waals surface area (Å²) < 4.78 is 5.05. The summed E-state index contributed by atoms with van der Waals surface area (Å²) in [4.78, 5) is 18.7. The predicted octanol–water partition coefficient (Wildman–Crippen LogP) is 1.30. The second-order valence-electron chi connectivity index (χ2n) is 2.79. The molecule has 0 aliphatic rings. The summed E-state index contributed by atoms with van der Waals surface area (Å²) in [7, 11) is 1.58. The Balaban J connectivity index is 3.07. The summed E-state index contributed by atoms with van der Waals surface area (Å²) >= 11 is 0. The molecule has 0 amide bonds. The molecule has 70 valence electrons. The largest absolute Gasteiger partial charge is 0.374 e. The average molecular weight is 180 g/mol. The van der Waals surface area contributed by atoms with Gasteiger partial charge < -0.3 is 4.74 Å². The monoisotopic (exact) mass is 180 g/mol. The van der Waals surface area contributed by atoms with Crippen molar-refractivity contribution in [2.24, 2.45) is 0 Å². The molecular weight excluding hydrogens is 168 g/mol. The van der Waals surface area contributed by atoms with Gasteiger partial charge in [-0.05, 0) is 19.9 Å². The first-order chi connectivity index (χ1) is 6.17. The quantitative estimate of drug-likeness (QED) is 0.658. The van der Waals surface area contributed by atoms with Crippen LogP contribution in [0.5, 0.6) is 0 Å². The van der Waals surface area contributed by atoms with Crippen LogP contribution in [0.25, 0.3) is 0 Å². The lowest BCUT2D eigenvalue weighted by atomic mass is 10.3. The molecule has 0 saturated heterocycles. The zero-order chi connectivity index (χ0) is 9.84. The van der Waals surface area contributed by atoms with Crippen molar-refractivity contribution in [3.63, 3.8) is 0 Å². The standard InChI is InChI=1S/C9H12N2O2/c1-6-4-8(5-12)11-9(10-6)7(2)13-3/h4-5,7H,1-3H3. The molecule has 0 fully saturated rings. The highest BCUT2D eigenvalue weighted by molar-refractivity contribution is 5.71. The van der Waals surface area contributed by atoms with Crippen LogP contribution in [0.4, 0.5) is 0 Å². The van der Waals surface area contributed by atoms with Crippen LogP contribution in [-0.2, 0) is 4.74 Å². The maximum absolute atomic E-state index is 10.5. The molecule has 1 unspecified atom stereocenters. The minimum absolute atomic E-state index is 0.182. The van der Waals surface area contributed by atoms with Crippen LogP contribution in [0.15, 0.2) is 6.07 Å². The molecule has 0 radical (unpaired) electrons. The number of hydrogen-bond donors (Lipinski definition) is 0. The molecule has 0 saturated carbocycles. The van der Waals surface area contributed by atoms with E-state index in [2.05, 4.69) is 9.97 Å². The summed E-state index contributed by atoms with van der Waals surface area (Å²) in [5.74, 6) is 0.546. The molecule has 0 aliphatic carbocycles. The number of carbonyl (C=O) groups excluding carboxylic acids is 1. The number of rotatable bonds is 3. The van der Waals surface area contributed by atoms with Crippen molar-refractivity contribution < 1.29 is 9.53 Å². The van der Waals surface area contributed by atoms with Crippen LogP contribution in [0.2, 0.25) is 0 Å². The van der Waals surface area contributed by atoms with Gasteiger partial charge in [0.05, 0.1) is 0 Å². The molecule has 1 rings (SSSR count). The van der Waals surface area contributed by atoms with Crippen LogP contribution in [0.3, 0.4) is 0 Å². The topological polar surface area (TPSA) is 52.1 Å². The Morgan fingerprint density at radius 3 is 2.77 bits per heavy atom. The molecule has 1 atom stereocenters. The lowest BCUT2D eigenvalue weighted by molar-refractivity contribution is 0.109. The van der Waals surface area contributed by atoms with Gasteiger partial charge in [-0.25, -0.2) is 9.97 Å². The Hall–Kier alpha value is -1.29. The van der Waals surface area contributed by atoms with E-state index >= 15 is 0 Å². The number of nitrogens with zero attached hydrogens (tertiary/aromatic N) is 2. The first-order valence-corrected chi connectivity index (χ1v) is 4.01. The van der Waals surface area contributed by atoms with E-state index in [-0.39, 0.29) is 6.10 Å². The van der Waals surface area contributed by atoms with E-state index in [1.807, 2.05) is 13.8 Å². The Morgan fingerprint density at radius 1 is 1.54 bits per heavy atom. The van der Waals surface area contributed by atoms with E-state index < -0.39 is 0 Å². The van der Waals surface area contributed by atoms with Crippen molar-refractivity contribution >= 4 is 6.29 Å². The fourth-order valence-electron chi connectivity index (χ4n) is 0.964. The molecule has 0 aromatic carbocycles. The van der Waals surface area contributed by atoms with E-state index in [0.29, 0.717) is 17.8 Å². The van der Waals surface area contributed by atoms with Crippen LogP contribution >= 0.6 is 0 Å². The Labute approximate surface area is 77.0 Å². The van der Waals surface area contributed by atoms with Crippen molar-refractivity contribution in [2.75, 3.05) is 7.11 Å². The van der Waals surface area contributed by atoms with Gasteiger partial charge in [0.15, 0.2) is 12.1 Å². The van der Waals surface area contributed by atoms with Gasteiger partial charge in [0, 0.05) is 12.8 Å². The van der Waals surface area contributed by atoms with Gasteiger partial charge in [0.2, 0.25) is 0 Å². The fourth-order valence-corrected chi connectivity index (χ4v) is 0.964. The third-order valence-corrected chi connectivity index (χ3v) is 1.73. The van der Waals surface area contributed by atoms with Gasteiger partial charge in [-0.1, -0.05) is 0 Å². The van der Waals surface area contributed by atoms with Crippen LogP contribution in [0, 0.1) is 6.92 Å². The van der Waals surface area contributed by atoms with E-state index in [9.17, 15) is 4.79 Å². The normalized spacial score (nSPS) is 12.5. The molecule has 0 spiro atoms. The van der Waals surface area contributed by atoms with Crippen molar-refractivity contribution in [3.8, 4) is 0 Å². The third kappa shape index (κ3) is 2.32. The highest BCUT2D eigenvalue weighted by atomic mass is 16.5. The van der Waals surface area contributed by atoms with Gasteiger partial charge in [0.1, 0.15) is 11.8 Å². The lowest BCUT2D eigenvalue weighted by Gasteiger charge is -2.08. The van der Waals surface area contributed by atoms with Gasteiger partial charge in [-0.2, -0.15) is 0 Å². The Bertz CT molecular complexity index is 312. The lowest BCUT2D eigenvalue weighted by Crippen LogP contribution is -2.06. The van der Waals surface area contributed by atoms with Crippen molar-refractivity contribution in [3.05, 3.63) is 23.3 Å². The summed E-state index contributed by atoms with van der Waals surface area (Å²) in [6, 6.07) is 1.64. The number of carbonyl (C=O) groups is 1.